The topological polar surface area (TPSA) is 66.6 Å². The number of nitrogens with zero attached hydrogens (tertiary/aromatic N) is 1. The average Bonchev–Trinajstić information content (AvgIpc) is 1.86. The SMILES string of the molecule is CC(N)CC(=O)N(C)CCO. The molecule has 0 spiro atoms. The number of nitrogens with two attached hydrogens (primary N) is 1. The second-order valence-electron chi connectivity index (χ2n) is 2.72. The van der Waals surface area contributed by atoms with E-state index in [0.717, 1.165) is 0 Å². The van der Waals surface area contributed by atoms with Crippen molar-refractivity contribution in [1.82, 2.24) is 4.90 Å². The highest BCUT2D eigenvalue weighted by atomic mass is 16.3. The molecule has 11 heavy (non-hydrogen) atoms. The van der Waals surface area contributed by atoms with Crippen molar-refractivity contribution in [2.75, 3.05) is 20.2 Å². The van der Waals surface area contributed by atoms with Crippen molar-refractivity contribution in [3.8, 4) is 0 Å². The van der Waals surface area contributed by atoms with Crippen LogP contribution in [0.2, 0.25) is 0 Å². The number of aliphatic hydroxyl groups is 1. The molecule has 0 aliphatic carbocycles. The smallest absolute Gasteiger partial charge is 0.223 e. The third kappa shape index (κ3) is 4.75. The van der Waals surface area contributed by atoms with Gasteiger partial charge in [0.1, 0.15) is 0 Å². The van der Waals surface area contributed by atoms with Crippen molar-refractivity contribution in [3.63, 3.8) is 0 Å². The van der Waals surface area contributed by atoms with Crippen LogP contribution in [0.5, 0.6) is 0 Å². The summed E-state index contributed by atoms with van der Waals surface area (Å²) in [6, 6.07) is -0.108. The Morgan fingerprint density at radius 3 is 2.64 bits per heavy atom. The maximum atomic E-state index is 11.1. The number of carbonyl (C=O) groups is 1. The van der Waals surface area contributed by atoms with Crippen LogP contribution in [0.3, 0.4) is 0 Å². The van der Waals surface area contributed by atoms with E-state index in [9.17, 15) is 4.79 Å². The van der Waals surface area contributed by atoms with E-state index < -0.39 is 0 Å². The van der Waals surface area contributed by atoms with Crippen LogP contribution in [0.15, 0.2) is 0 Å². The summed E-state index contributed by atoms with van der Waals surface area (Å²) in [7, 11) is 1.65. The molecule has 1 amide bonds. The average molecular weight is 160 g/mol. The van der Waals surface area contributed by atoms with Gasteiger partial charge in [-0.2, -0.15) is 0 Å². The number of aliphatic hydroxyl groups excluding tert-OH is 1. The Labute approximate surface area is 67.0 Å². The van der Waals surface area contributed by atoms with Gasteiger partial charge in [-0.05, 0) is 6.92 Å². The van der Waals surface area contributed by atoms with E-state index >= 15 is 0 Å². The lowest BCUT2D eigenvalue weighted by Gasteiger charge is -2.16. The van der Waals surface area contributed by atoms with Crippen LogP contribution >= 0.6 is 0 Å². The molecule has 0 aliphatic heterocycles. The third-order valence-corrected chi connectivity index (χ3v) is 1.36. The third-order valence-electron chi connectivity index (χ3n) is 1.36. The molecule has 0 aromatic heterocycles. The fourth-order valence-corrected chi connectivity index (χ4v) is 0.706. The molecule has 0 fully saturated rings. The lowest BCUT2D eigenvalue weighted by Crippen LogP contribution is -2.33. The van der Waals surface area contributed by atoms with E-state index in [4.69, 9.17) is 10.8 Å². The quantitative estimate of drug-likeness (QED) is 0.564. The molecule has 4 nitrogen and oxygen atoms in total. The predicted molar refractivity (Wildman–Crippen MR) is 43.0 cm³/mol. The summed E-state index contributed by atoms with van der Waals surface area (Å²) in [5.41, 5.74) is 5.42. The minimum atomic E-state index is -0.108. The van der Waals surface area contributed by atoms with Gasteiger partial charge in [0.05, 0.1) is 6.61 Å². The van der Waals surface area contributed by atoms with Gasteiger partial charge in [-0.25, -0.2) is 0 Å². The van der Waals surface area contributed by atoms with Crippen molar-refractivity contribution in [3.05, 3.63) is 0 Å². The summed E-state index contributed by atoms with van der Waals surface area (Å²) in [5.74, 6) is -0.0194. The van der Waals surface area contributed by atoms with Gasteiger partial charge in [0.25, 0.3) is 0 Å². The van der Waals surface area contributed by atoms with Gasteiger partial charge < -0.3 is 15.7 Å². The summed E-state index contributed by atoms with van der Waals surface area (Å²) in [6.45, 7) is 2.16. The molecule has 66 valence electrons. The van der Waals surface area contributed by atoms with Crippen molar-refractivity contribution in [1.29, 1.82) is 0 Å². The zero-order chi connectivity index (χ0) is 8.85. The monoisotopic (exact) mass is 160 g/mol. The summed E-state index contributed by atoms with van der Waals surface area (Å²) in [5, 5.41) is 8.49. The highest BCUT2D eigenvalue weighted by molar-refractivity contribution is 5.76. The number of carbonyl (C=O) groups excluding carboxylic acids is 1. The minimum absolute atomic E-state index is 0.00118. The van der Waals surface area contributed by atoms with E-state index in [-0.39, 0.29) is 18.6 Å². The minimum Gasteiger partial charge on any atom is -0.395 e. The molecule has 0 radical (unpaired) electrons. The number of hydrogen-bond acceptors (Lipinski definition) is 3. The van der Waals surface area contributed by atoms with E-state index in [1.54, 1.807) is 14.0 Å². The van der Waals surface area contributed by atoms with Gasteiger partial charge in [-0.15, -0.1) is 0 Å². The van der Waals surface area contributed by atoms with E-state index in [2.05, 4.69) is 0 Å². The van der Waals surface area contributed by atoms with Gasteiger partial charge in [-0.3, -0.25) is 4.79 Å². The maximum absolute atomic E-state index is 11.1. The fourth-order valence-electron chi connectivity index (χ4n) is 0.706. The van der Waals surface area contributed by atoms with Gasteiger partial charge in [0.2, 0.25) is 5.91 Å². The summed E-state index contributed by atoms with van der Waals surface area (Å²) in [4.78, 5) is 12.6. The molecule has 0 heterocycles. The first-order valence-corrected chi connectivity index (χ1v) is 3.68. The van der Waals surface area contributed by atoms with Crippen molar-refractivity contribution >= 4 is 5.91 Å². The Bertz CT molecular complexity index is 126. The second kappa shape index (κ2) is 5.09. The molecular formula is C7H16N2O2. The normalized spacial score (nSPS) is 12.7. The zero-order valence-electron chi connectivity index (χ0n) is 7.08. The predicted octanol–water partition coefficient (Wildman–Crippen LogP) is -0.826. The van der Waals surface area contributed by atoms with Gasteiger partial charge in [0.15, 0.2) is 0 Å². The lowest BCUT2D eigenvalue weighted by atomic mass is 10.2. The Morgan fingerprint density at radius 1 is 1.73 bits per heavy atom. The van der Waals surface area contributed by atoms with E-state index in [0.29, 0.717) is 13.0 Å². The molecule has 0 saturated carbocycles. The first-order valence-electron chi connectivity index (χ1n) is 3.68. The standard InChI is InChI=1S/C7H16N2O2/c1-6(8)5-7(11)9(2)3-4-10/h6,10H,3-5,8H2,1-2H3. The Kier molecular flexibility index (Phi) is 4.81. The fraction of sp³-hybridized carbons (Fsp3) is 0.857. The Hall–Kier alpha value is -0.610. The second-order valence-corrected chi connectivity index (χ2v) is 2.72. The molecule has 1 unspecified atom stereocenters. The van der Waals surface area contributed by atoms with Crippen molar-refractivity contribution in [2.45, 2.75) is 19.4 Å². The molecule has 1 atom stereocenters. The highest BCUT2D eigenvalue weighted by Crippen LogP contribution is 1.92. The number of amides is 1. The molecular weight excluding hydrogens is 144 g/mol. The van der Waals surface area contributed by atoms with Gasteiger partial charge in [-0.1, -0.05) is 0 Å². The van der Waals surface area contributed by atoms with E-state index in [1.807, 2.05) is 0 Å². The van der Waals surface area contributed by atoms with E-state index in [1.165, 1.54) is 4.90 Å². The molecule has 0 rings (SSSR count). The molecule has 0 bridgehead atoms. The molecule has 0 saturated heterocycles. The van der Waals surface area contributed by atoms with Crippen LogP contribution in [0.4, 0.5) is 0 Å². The van der Waals surface area contributed by atoms with Crippen molar-refractivity contribution < 1.29 is 9.90 Å². The van der Waals surface area contributed by atoms with Crippen LogP contribution in [-0.2, 0) is 4.79 Å². The number of hydrogen-bond donors (Lipinski definition) is 2. The van der Waals surface area contributed by atoms with Crippen LogP contribution in [0.25, 0.3) is 0 Å². The molecule has 0 aliphatic rings. The molecule has 4 heteroatoms. The zero-order valence-corrected chi connectivity index (χ0v) is 7.08. The first-order chi connectivity index (χ1) is 5.07. The van der Waals surface area contributed by atoms with Crippen LogP contribution < -0.4 is 5.73 Å². The van der Waals surface area contributed by atoms with Crippen molar-refractivity contribution in [2.24, 2.45) is 5.73 Å². The molecule has 0 aromatic rings. The first kappa shape index (κ1) is 10.4. The largest absolute Gasteiger partial charge is 0.395 e. The summed E-state index contributed by atoms with van der Waals surface area (Å²) >= 11 is 0. The van der Waals surface area contributed by atoms with Gasteiger partial charge in [0, 0.05) is 26.1 Å². The highest BCUT2D eigenvalue weighted by Gasteiger charge is 2.09. The van der Waals surface area contributed by atoms with Crippen LogP contribution in [0.1, 0.15) is 13.3 Å². The van der Waals surface area contributed by atoms with Crippen LogP contribution in [0, 0.1) is 0 Å². The summed E-state index contributed by atoms with van der Waals surface area (Å²) in [6.07, 6.45) is 0.344. The van der Waals surface area contributed by atoms with Crippen LogP contribution in [-0.4, -0.2) is 42.2 Å². The Balaban J connectivity index is 3.64. The summed E-state index contributed by atoms with van der Waals surface area (Å²) < 4.78 is 0. The molecule has 3 N–H and O–H groups in total. The Morgan fingerprint density at radius 2 is 2.27 bits per heavy atom. The lowest BCUT2D eigenvalue weighted by molar-refractivity contribution is -0.130. The van der Waals surface area contributed by atoms with Gasteiger partial charge >= 0.3 is 0 Å². The maximum Gasteiger partial charge on any atom is 0.223 e. The molecule has 0 aromatic carbocycles. The number of rotatable bonds is 4. The number of likely N-dealkylation sites (N-methyl/N-ethyl adjacent to an activating group) is 1.